The van der Waals surface area contributed by atoms with Crippen LogP contribution in [0.4, 0.5) is 0 Å². The van der Waals surface area contributed by atoms with Crippen LogP contribution in [0.15, 0.2) is 11.1 Å². The SMILES string of the molecule is CC(=O)N1CCC(NC(=O)[C@@]23CC[C@]4(C)C(CCC5[C@@]6(C)CC[C@H](OC(=O)CC(C)(C)C(=O)O)C(C)(C)C6CC[C@]54C)C2=C(C(C)C)C(=O)C3)CC1. The van der Waals surface area contributed by atoms with Crippen LogP contribution in [0, 0.1) is 56.2 Å². The summed E-state index contributed by atoms with van der Waals surface area (Å²) in [5.74, 6) is -0.156. The number of allylic oxidation sites excluding steroid dienone is 1. The molecular formula is C43H66N2O7. The lowest BCUT2D eigenvalue weighted by atomic mass is 9.33. The van der Waals surface area contributed by atoms with Gasteiger partial charge in [0.2, 0.25) is 11.8 Å². The predicted molar refractivity (Wildman–Crippen MR) is 199 cm³/mol. The van der Waals surface area contributed by atoms with Crippen molar-refractivity contribution in [3.63, 3.8) is 0 Å². The Morgan fingerprint density at radius 2 is 1.54 bits per heavy atom. The number of carbonyl (C=O) groups is 5. The summed E-state index contributed by atoms with van der Waals surface area (Å²) < 4.78 is 6.15. The molecule has 4 saturated carbocycles. The fourth-order valence-corrected chi connectivity index (χ4v) is 13.4. The lowest BCUT2D eigenvalue weighted by molar-refractivity contribution is -0.233. The Bertz CT molecular complexity index is 1550. The largest absolute Gasteiger partial charge is 0.481 e. The number of carbonyl (C=O) groups excluding carboxylic acids is 4. The summed E-state index contributed by atoms with van der Waals surface area (Å²) in [6.45, 7) is 22.3. The van der Waals surface area contributed by atoms with Crippen molar-refractivity contribution < 1.29 is 33.8 Å². The molecular weight excluding hydrogens is 656 g/mol. The van der Waals surface area contributed by atoms with E-state index in [0.29, 0.717) is 31.3 Å². The number of rotatable bonds is 7. The van der Waals surface area contributed by atoms with Crippen molar-refractivity contribution in [2.75, 3.05) is 13.1 Å². The first kappa shape index (κ1) is 39.0. The highest BCUT2D eigenvalue weighted by molar-refractivity contribution is 6.07. The van der Waals surface area contributed by atoms with E-state index in [-0.39, 0.29) is 76.1 Å². The topological polar surface area (TPSA) is 130 Å². The molecule has 0 spiro atoms. The van der Waals surface area contributed by atoms with E-state index >= 15 is 0 Å². The first-order valence-corrected chi connectivity index (χ1v) is 20.3. The van der Waals surface area contributed by atoms with E-state index in [9.17, 15) is 29.1 Å². The van der Waals surface area contributed by atoms with Gasteiger partial charge in [0, 0.05) is 37.9 Å². The number of ether oxygens (including phenoxy) is 1. The number of likely N-dealkylation sites (tertiary alicyclic amines) is 1. The standard InChI is InChI=1S/C43H66N2O7/c1-25(2)34-29(47)23-43(36(49)44-27-15-21-45(22-16-27)26(3)46)20-19-41(9)28(35(34)43)11-12-31-40(8)17-14-32(52-33(48)24-38(4,5)37(50)51)39(6,7)30(40)13-18-42(31,41)10/h25,27-28,30-32H,11-24H2,1-10H3,(H,44,49)(H,50,51)/t28?,30?,31?,32-,40-,41+,42+,43+/m0/s1. The van der Waals surface area contributed by atoms with Crippen LogP contribution in [-0.2, 0) is 28.7 Å². The van der Waals surface area contributed by atoms with Gasteiger partial charge in [-0.3, -0.25) is 24.0 Å². The zero-order valence-electron chi connectivity index (χ0n) is 33.7. The monoisotopic (exact) mass is 722 g/mol. The van der Waals surface area contributed by atoms with Gasteiger partial charge in [-0.15, -0.1) is 0 Å². The number of ketones is 1. The van der Waals surface area contributed by atoms with E-state index in [1.54, 1.807) is 20.8 Å². The Balaban J connectivity index is 1.27. The molecule has 290 valence electrons. The smallest absolute Gasteiger partial charge is 0.309 e. The summed E-state index contributed by atoms with van der Waals surface area (Å²) in [4.78, 5) is 67.3. The molecule has 5 aliphatic carbocycles. The van der Waals surface area contributed by atoms with E-state index in [0.717, 1.165) is 68.9 Å². The second kappa shape index (κ2) is 13.0. The van der Waals surface area contributed by atoms with Gasteiger partial charge in [-0.2, -0.15) is 0 Å². The fourth-order valence-electron chi connectivity index (χ4n) is 13.4. The van der Waals surface area contributed by atoms with Gasteiger partial charge >= 0.3 is 11.9 Å². The molecule has 52 heavy (non-hydrogen) atoms. The molecule has 2 amide bonds. The molecule has 0 aromatic heterocycles. The van der Waals surface area contributed by atoms with E-state index in [1.807, 2.05) is 4.90 Å². The maximum atomic E-state index is 14.6. The van der Waals surface area contributed by atoms with Gasteiger partial charge in [0.1, 0.15) is 6.10 Å². The lowest BCUT2D eigenvalue weighted by Gasteiger charge is -2.72. The molecule has 0 aromatic carbocycles. The zero-order chi connectivity index (χ0) is 38.4. The minimum atomic E-state index is -1.17. The maximum Gasteiger partial charge on any atom is 0.309 e. The normalized spacial score (nSPS) is 38.9. The Hall–Kier alpha value is -2.71. The first-order chi connectivity index (χ1) is 24.0. The van der Waals surface area contributed by atoms with Gasteiger partial charge in [-0.1, -0.05) is 48.5 Å². The van der Waals surface area contributed by atoms with E-state index in [1.165, 1.54) is 0 Å². The number of piperidine rings is 1. The van der Waals surface area contributed by atoms with Crippen LogP contribution in [0.3, 0.4) is 0 Å². The van der Waals surface area contributed by atoms with Gasteiger partial charge < -0.3 is 20.1 Å². The van der Waals surface area contributed by atoms with Gasteiger partial charge in [-0.05, 0) is 129 Å². The van der Waals surface area contributed by atoms with Crippen LogP contribution in [0.2, 0.25) is 0 Å². The molecule has 6 aliphatic rings. The van der Waals surface area contributed by atoms with Gasteiger partial charge in [0.15, 0.2) is 5.78 Å². The number of hydrogen-bond acceptors (Lipinski definition) is 6. The first-order valence-electron chi connectivity index (χ1n) is 20.3. The minimum Gasteiger partial charge on any atom is -0.481 e. The second-order valence-electron chi connectivity index (χ2n) is 20.2. The molecule has 9 heteroatoms. The maximum absolute atomic E-state index is 14.6. The zero-order valence-corrected chi connectivity index (χ0v) is 33.7. The molecule has 0 radical (unpaired) electrons. The average molecular weight is 723 g/mol. The molecule has 5 fully saturated rings. The predicted octanol–water partition coefficient (Wildman–Crippen LogP) is 7.51. The number of amides is 2. The molecule has 1 aliphatic heterocycles. The summed E-state index contributed by atoms with van der Waals surface area (Å²) in [6.07, 6.45) is 8.74. The molecule has 1 heterocycles. The van der Waals surface area contributed by atoms with Crippen LogP contribution in [0.5, 0.6) is 0 Å². The van der Waals surface area contributed by atoms with Crippen molar-refractivity contribution in [2.24, 2.45) is 56.2 Å². The van der Waals surface area contributed by atoms with Crippen molar-refractivity contribution in [1.82, 2.24) is 10.2 Å². The molecule has 3 unspecified atom stereocenters. The van der Waals surface area contributed by atoms with E-state index in [2.05, 4.69) is 53.8 Å². The van der Waals surface area contributed by atoms with Crippen LogP contribution >= 0.6 is 0 Å². The number of aliphatic carboxylic acids is 1. The quantitative estimate of drug-likeness (QED) is 0.260. The number of hydrogen-bond donors (Lipinski definition) is 2. The highest BCUT2D eigenvalue weighted by Crippen LogP contribution is 2.76. The Labute approximate surface area is 311 Å². The van der Waals surface area contributed by atoms with Gasteiger partial charge in [0.25, 0.3) is 0 Å². The number of nitrogens with zero attached hydrogens (tertiary/aromatic N) is 1. The summed E-state index contributed by atoms with van der Waals surface area (Å²) in [5.41, 5.74) is -0.184. The van der Waals surface area contributed by atoms with E-state index < -0.39 is 22.8 Å². The van der Waals surface area contributed by atoms with E-state index in [4.69, 9.17) is 4.74 Å². The Kier molecular flexibility index (Phi) is 9.72. The third-order valence-electron chi connectivity index (χ3n) is 16.5. The Morgan fingerprint density at radius 1 is 0.885 bits per heavy atom. The number of nitrogens with one attached hydrogen (secondary N) is 1. The number of Topliss-reactive ketones (excluding diaryl/α,β-unsaturated/α-hetero) is 1. The van der Waals surface area contributed by atoms with Crippen molar-refractivity contribution >= 4 is 29.5 Å². The highest BCUT2D eigenvalue weighted by Gasteiger charge is 2.71. The van der Waals surface area contributed by atoms with Gasteiger partial charge in [0.05, 0.1) is 17.3 Å². The number of fused-ring (bicyclic) bond motifs is 7. The molecule has 0 bridgehead atoms. The molecule has 0 aromatic rings. The summed E-state index contributed by atoms with van der Waals surface area (Å²) in [6, 6.07) is 0.00938. The van der Waals surface area contributed by atoms with Crippen molar-refractivity contribution in [3.8, 4) is 0 Å². The van der Waals surface area contributed by atoms with Crippen LogP contribution in [0.25, 0.3) is 0 Å². The second-order valence-corrected chi connectivity index (χ2v) is 20.2. The van der Waals surface area contributed by atoms with Crippen molar-refractivity contribution in [2.45, 2.75) is 158 Å². The number of esters is 1. The average Bonchev–Trinajstić information content (AvgIpc) is 3.36. The third kappa shape index (κ3) is 5.79. The molecule has 6 rings (SSSR count). The number of carboxylic acids is 1. The van der Waals surface area contributed by atoms with Crippen LogP contribution in [-0.4, -0.2) is 64.8 Å². The molecule has 8 atom stereocenters. The molecule has 1 saturated heterocycles. The van der Waals surface area contributed by atoms with Crippen molar-refractivity contribution in [3.05, 3.63) is 11.1 Å². The fraction of sp³-hybridized carbons (Fsp3) is 0.837. The van der Waals surface area contributed by atoms with Gasteiger partial charge in [-0.25, -0.2) is 0 Å². The summed E-state index contributed by atoms with van der Waals surface area (Å²) >= 11 is 0. The van der Waals surface area contributed by atoms with Crippen LogP contribution < -0.4 is 5.32 Å². The highest BCUT2D eigenvalue weighted by atomic mass is 16.5. The Morgan fingerprint density at radius 3 is 2.13 bits per heavy atom. The van der Waals surface area contributed by atoms with Crippen LogP contribution in [0.1, 0.15) is 146 Å². The number of carboxylic acid groups (broad SMARTS) is 1. The molecule has 9 nitrogen and oxygen atoms in total. The third-order valence-corrected chi connectivity index (χ3v) is 16.5. The lowest BCUT2D eigenvalue weighted by Crippen LogP contribution is -2.66. The van der Waals surface area contributed by atoms with Crippen molar-refractivity contribution in [1.29, 1.82) is 0 Å². The summed E-state index contributed by atoms with van der Waals surface area (Å²) in [7, 11) is 0. The molecule has 2 N–H and O–H groups in total. The summed E-state index contributed by atoms with van der Waals surface area (Å²) in [5, 5.41) is 13.0. The minimum absolute atomic E-state index is 0.00908.